The molecule has 10 nitrogen and oxygen atoms in total. The zero-order valence-electron chi connectivity index (χ0n) is 25.0. The maximum absolute atomic E-state index is 13.6. The molecule has 1 unspecified atom stereocenters. The van der Waals surface area contributed by atoms with Crippen molar-refractivity contribution in [2.24, 2.45) is 0 Å². The molecule has 0 saturated carbocycles. The molecule has 5 rings (SSSR count). The van der Waals surface area contributed by atoms with Gasteiger partial charge in [0, 0.05) is 24.1 Å². The van der Waals surface area contributed by atoms with E-state index in [-0.39, 0.29) is 22.9 Å². The second kappa shape index (κ2) is 12.4. The van der Waals surface area contributed by atoms with Crippen LogP contribution in [0.5, 0.6) is 0 Å². The lowest BCUT2D eigenvalue weighted by atomic mass is 9.89. The van der Waals surface area contributed by atoms with Crippen LogP contribution < -0.4 is 15.9 Å². The summed E-state index contributed by atoms with van der Waals surface area (Å²) in [7, 11) is 1.19. The second-order valence-electron chi connectivity index (χ2n) is 10.6. The lowest BCUT2D eigenvalue weighted by Crippen LogP contribution is -2.38. The lowest BCUT2D eigenvalue weighted by Gasteiger charge is -2.36. The average Bonchev–Trinajstić information content (AvgIpc) is 3.40. The molecule has 2 aromatic heterocycles. The van der Waals surface area contributed by atoms with Crippen LogP contribution in [-0.4, -0.2) is 39.4 Å². The summed E-state index contributed by atoms with van der Waals surface area (Å²) in [5.41, 5.74) is 3.43. The molecule has 0 radical (unpaired) electrons. The number of rotatable bonds is 8. The predicted molar refractivity (Wildman–Crippen MR) is 160 cm³/mol. The number of nitrogens with one attached hydrogen (secondary N) is 2. The summed E-state index contributed by atoms with van der Waals surface area (Å²) in [6.07, 6.45) is -2.45. The smallest absolute Gasteiger partial charge is 0.416 e. The van der Waals surface area contributed by atoms with E-state index < -0.39 is 29.4 Å². The second-order valence-corrected chi connectivity index (χ2v) is 10.6. The van der Waals surface area contributed by atoms with E-state index >= 15 is 0 Å². The molecule has 3 heterocycles. The third-order valence-corrected chi connectivity index (χ3v) is 7.99. The number of alkyl halides is 3. The molecule has 2 N–H and O–H groups in total. The van der Waals surface area contributed by atoms with Crippen molar-refractivity contribution < 1.29 is 22.7 Å². The summed E-state index contributed by atoms with van der Waals surface area (Å²) < 4.78 is 47.2. The Balaban J connectivity index is 1.60. The predicted octanol–water partition coefficient (Wildman–Crippen LogP) is 4.99. The number of methoxy groups -OCH3 is 1. The Kier molecular flexibility index (Phi) is 8.61. The van der Waals surface area contributed by atoms with Gasteiger partial charge in [0.15, 0.2) is 0 Å². The molecule has 0 amide bonds. The van der Waals surface area contributed by atoms with Crippen LogP contribution in [-0.2, 0) is 28.7 Å². The summed E-state index contributed by atoms with van der Waals surface area (Å²) >= 11 is 0. The number of aromatic amines is 1. The van der Waals surface area contributed by atoms with Crippen molar-refractivity contribution in [3.05, 3.63) is 116 Å². The quantitative estimate of drug-likeness (QED) is 0.209. The number of benzene rings is 2. The maximum atomic E-state index is 13.6. The average molecular weight is 618 g/mol. The van der Waals surface area contributed by atoms with E-state index in [1.165, 1.54) is 28.7 Å². The molecule has 0 saturated heterocycles. The highest BCUT2D eigenvalue weighted by Gasteiger charge is 2.41. The first kappa shape index (κ1) is 31.2. The fourth-order valence-corrected chi connectivity index (χ4v) is 5.53. The van der Waals surface area contributed by atoms with Gasteiger partial charge in [-0.1, -0.05) is 12.1 Å². The fourth-order valence-electron chi connectivity index (χ4n) is 5.53. The number of esters is 1. The molecule has 1 aliphatic heterocycles. The number of fused-ring (bicyclic) bond motifs is 1. The van der Waals surface area contributed by atoms with E-state index in [9.17, 15) is 28.0 Å². The Hall–Kier alpha value is -5.22. The number of aryl methyl sites for hydroxylation is 1. The van der Waals surface area contributed by atoms with Crippen molar-refractivity contribution in [1.29, 1.82) is 5.26 Å². The number of anilines is 2. The first-order valence-electron chi connectivity index (χ1n) is 14.0. The zero-order valence-corrected chi connectivity index (χ0v) is 25.0. The van der Waals surface area contributed by atoms with Gasteiger partial charge in [-0.25, -0.2) is 19.3 Å². The van der Waals surface area contributed by atoms with Crippen molar-refractivity contribution in [1.82, 2.24) is 25.1 Å². The molecule has 0 bridgehead atoms. The Bertz CT molecular complexity index is 1900. The van der Waals surface area contributed by atoms with Crippen LogP contribution in [0.25, 0.3) is 0 Å². The van der Waals surface area contributed by atoms with Gasteiger partial charge >= 0.3 is 17.8 Å². The van der Waals surface area contributed by atoms with Crippen LogP contribution in [0.4, 0.5) is 24.8 Å². The van der Waals surface area contributed by atoms with E-state index in [1.807, 2.05) is 19.9 Å². The minimum absolute atomic E-state index is 0.0103. The molecular weight excluding hydrogens is 587 g/mol. The molecule has 45 heavy (non-hydrogen) atoms. The van der Waals surface area contributed by atoms with Crippen LogP contribution in [0.3, 0.4) is 0 Å². The molecule has 0 fully saturated rings. The summed E-state index contributed by atoms with van der Waals surface area (Å²) in [5, 5.41) is 19.6. The van der Waals surface area contributed by atoms with E-state index in [1.54, 1.807) is 31.3 Å². The number of carbonyl (C=O) groups excluding carboxylic acids is 1. The molecule has 13 heteroatoms. The van der Waals surface area contributed by atoms with Crippen LogP contribution in [0, 0.1) is 25.2 Å². The number of hydrogen-bond donors (Lipinski definition) is 2. The Morgan fingerprint density at radius 1 is 1.16 bits per heavy atom. The van der Waals surface area contributed by atoms with Crippen LogP contribution in [0.2, 0.25) is 0 Å². The van der Waals surface area contributed by atoms with Gasteiger partial charge in [0.05, 0.1) is 35.6 Å². The summed E-state index contributed by atoms with van der Waals surface area (Å²) in [6, 6.07) is 12.5. The minimum atomic E-state index is -4.62. The van der Waals surface area contributed by atoms with Crippen molar-refractivity contribution in [3.8, 4) is 6.07 Å². The van der Waals surface area contributed by atoms with Crippen molar-refractivity contribution >= 4 is 17.6 Å². The molecule has 0 aliphatic carbocycles. The molecule has 1 atom stereocenters. The number of carbonyl (C=O) groups is 1. The van der Waals surface area contributed by atoms with E-state index in [2.05, 4.69) is 26.6 Å². The summed E-state index contributed by atoms with van der Waals surface area (Å²) in [5.74, 6) is -0.786. The van der Waals surface area contributed by atoms with E-state index in [0.717, 1.165) is 29.0 Å². The molecule has 1 aliphatic rings. The highest BCUT2D eigenvalue weighted by atomic mass is 19.4. The van der Waals surface area contributed by atoms with Gasteiger partial charge in [-0.3, -0.25) is 9.88 Å². The number of allylic oxidation sites excluding steroid dienone is 1. The van der Waals surface area contributed by atoms with Gasteiger partial charge in [-0.05, 0) is 92.4 Å². The van der Waals surface area contributed by atoms with Gasteiger partial charge in [0.2, 0.25) is 5.95 Å². The van der Waals surface area contributed by atoms with E-state index in [4.69, 9.17) is 4.74 Å². The zero-order chi connectivity index (χ0) is 32.5. The standard InChI is InChI=1S/C32H30F3N7O3/c1-18-10-13-38-26(19(18)2)17-37-12-11-22-14-21(16-36)8-9-25(22)28-27(29(43)45-4)20(3)41(30-39-40-31(44)42(28)30)24-7-5-6-23(15-24)32(33,34)35/h5-10,13-15,28,37H,11-12,17H2,1-4H3,(H,40,44). The Labute approximate surface area is 256 Å². The number of halogens is 3. The van der Waals surface area contributed by atoms with Gasteiger partial charge in [-0.2, -0.15) is 18.4 Å². The monoisotopic (exact) mass is 617 g/mol. The van der Waals surface area contributed by atoms with Crippen LogP contribution >= 0.6 is 0 Å². The maximum Gasteiger partial charge on any atom is 0.416 e. The van der Waals surface area contributed by atoms with Crippen LogP contribution in [0.15, 0.2) is 70.8 Å². The van der Waals surface area contributed by atoms with Gasteiger partial charge < -0.3 is 10.1 Å². The molecular formula is C32H30F3N7O3. The Morgan fingerprint density at radius 3 is 2.64 bits per heavy atom. The van der Waals surface area contributed by atoms with Crippen molar-refractivity contribution in [3.63, 3.8) is 0 Å². The first-order chi connectivity index (χ1) is 21.5. The van der Waals surface area contributed by atoms with Crippen LogP contribution in [0.1, 0.15) is 52.0 Å². The third kappa shape index (κ3) is 5.97. The largest absolute Gasteiger partial charge is 0.466 e. The SMILES string of the molecule is COC(=O)C1=C(C)N(c2cccc(C(F)(F)F)c2)c2n[nH]c(=O)n2C1c1ccc(C#N)cc1CCNCc1nccc(C)c1C. The van der Waals surface area contributed by atoms with Gasteiger partial charge in [-0.15, -0.1) is 5.10 Å². The van der Waals surface area contributed by atoms with Gasteiger partial charge in [0.1, 0.15) is 6.04 Å². The van der Waals surface area contributed by atoms with Crippen molar-refractivity contribution in [2.45, 2.75) is 46.0 Å². The molecule has 0 spiro atoms. The molecule has 4 aromatic rings. The highest BCUT2D eigenvalue weighted by Crippen LogP contribution is 2.43. The lowest BCUT2D eigenvalue weighted by molar-refractivity contribution is -0.138. The number of nitriles is 1. The van der Waals surface area contributed by atoms with Gasteiger partial charge in [0.25, 0.3) is 0 Å². The molecule has 232 valence electrons. The third-order valence-electron chi connectivity index (χ3n) is 7.99. The van der Waals surface area contributed by atoms with Crippen molar-refractivity contribution in [2.75, 3.05) is 18.6 Å². The highest BCUT2D eigenvalue weighted by molar-refractivity contribution is 5.93. The number of aromatic nitrogens is 4. The number of nitrogens with zero attached hydrogens (tertiary/aromatic N) is 5. The minimum Gasteiger partial charge on any atom is -0.466 e. The topological polar surface area (TPSA) is 129 Å². The summed E-state index contributed by atoms with van der Waals surface area (Å²) in [6.45, 7) is 6.56. The first-order valence-corrected chi connectivity index (χ1v) is 14.0. The number of hydrogen-bond acceptors (Lipinski definition) is 8. The number of pyridine rings is 1. The number of H-pyrrole nitrogens is 1. The Morgan fingerprint density at radius 2 is 1.93 bits per heavy atom. The molecule has 2 aromatic carbocycles. The van der Waals surface area contributed by atoms with E-state index in [0.29, 0.717) is 36.2 Å². The normalized spacial score (nSPS) is 14.7. The summed E-state index contributed by atoms with van der Waals surface area (Å²) in [4.78, 5) is 32.5. The number of ether oxygens (including phenoxy) is 1. The fraction of sp³-hybridized carbons (Fsp3) is 0.281.